The van der Waals surface area contributed by atoms with Crippen LogP contribution >= 0.6 is 35.3 Å². The lowest BCUT2D eigenvalue weighted by atomic mass is 10.2. The number of hydrogen-bond donors (Lipinski definition) is 1. The number of aliphatic carboxylic acids is 1. The summed E-state index contributed by atoms with van der Waals surface area (Å²) >= 11 is 5.13. The van der Waals surface area contributed by atoms with Gasteiger partial charge < -0.3 is 9.63 Å². The Labute approximate surface area is 124 Å². The van der Waals surface area contributed by atoms with Gasteiger partial charge in [0, 0.05) is 16.8 Å². The minimum absolute atomic E-state index is 0.0589. The lowest BCUT2D eigenvalue weighted by molar-refractivity contribution is -0.133. The summed E-state index contributed by atoms with van der Waals surface area (Å²) in [7, 11) is 0. The number of thioether (sulfide) groups is 3. The molecule has 1 aliphatic rings. The van der Waals surface area contributed by atoms with E-state index < -0.39 is 5.97 Å². The normalized spacial score (nSPS) is 23.4. The van der Waals surface area contributed by atoms with Crippen LogP contribution in [0.15, 0.2) is 4.52 Å². The Morgan fingerprint density at radius 1 is 1.53 bits per heavy atom. The van der Waals surface area contributed by atoms with Gasteiger partial charge in [0.2, 0.25) is 5.89 Å². The Morgan fingerprint density at radius 2 is 2.32 bits per heavy atom. The van der Waals surface area contributed by atoms with Crippen LogP contribution in [0.25, 0.3) is 0 Å². The van der Waals surface area contributed by atoms with Crippen molar-refractivity contribution in [2.45, 2.75) is 29.6 Å². The van der Waals surface area contributed by atoms with Crippen LogP contribution in [0, 0.1) is 0 Å². The quantitative estimate of drug-likeness (QED) is 0.857. The van der Waals surface area contributed by atoms with Crippen LogP contribution < -0.4 is 0 Å². The number of carbonyl (C=O) groups is 1. The molecule has 106 valence electrons. The van der Waals surface area contributed by atoms with Crippen molar-refractivity contribution >= 4 is 41.3 Å². The molecule has 1 fully saturated rings. The number of carboxylic acids is 1. The summed E-state index contributed by atoms with van der Waals surface area (Å²) < 4.78 is 5.20. The molecule has 2 atom stereocenters. The molecule has 1 saturated heterocycles. The Hall–Kier alpha value is -0.340. The van der Waals surface area contributed by atoms with E-state index in [0.717, 1.165) is 18.0 Å². The van der Waals surface area contributed by atoms with Gasteiger partial charge in [0.15, 0.2) is 5.82 Å². The highest BCUT2D eigenvalue weighted by molar-refractivity contribution is 8.06. The van der Waals surface area contributed by atoms with E-state index in [4.69, 9.17) is 9.63 Å². The van der Waals surface area contributed by atoms with Crippen LogP contribution in [0.3, 0.4) is 0 Å². The van der Waals surface area contributed by atoms with Gasteiger partial charge in [-0.1, -0.05) is 12.1 Å². The lowest BCUT2D eigenvalue weighted by Gasteiger charge is -2.27. The number of rotatable bonds is 6. The van der Waals surface area contributed by atoms with E-state index >= 15 is 0 Å². The van der Waals surface area contributed by atoms with Crippen molar-refractivity contribution in [3.63, 3.8) is 0 Å². The molecule has 2 rings (SSSR count). The van der Waals surface area contributed by atoms with Gasteiger partial charge in [-0.05, 0) is 6.42 Å². The van der Waals surface area contributed by atoms with Gasteiger partial charge in [-0.3, -0.25) is 4.79 Å². The number of carboxylic acid groups (broad SMARTS) is 1. The predicted molar refractivity (Wildman–Crippen MR) is 79.8 cm³/mol. The van der Waals surface area contributed by atoms with E-state index in [0.29, 0.717) is 22.1 Å². The highest BCUT2D eigenvalue weighted by Crippen LogP contribution is 2.42. The molecule has 0 aromatic carbocycles. The van der Waals surface area contributed by atoms with E-state index in [9.17, 15) is 4.79 Å². The molecule has 1 aromatic heterocycles. The molecule has 5 nitrogen and oxygen atoms in total. The molecule has 0 spiro atoms. The van der Waals surface area contributed by atoms with Crippen LogP contribution in [-0.4, -0.2) is 43.7 Å². The smallest absolute Gasteiger partial charge is 0.313 e. The highest BCUT2D eigenvalue weighted by Gasteiger charge is 2.30. The van der Waals surface area contributed by atoms with Crippen molar-refractivity contribution in [1.29, 1.82) is 0 Å². The average molecular weight is 320 g/mol. The van der Waals surface area contributed by atoms with Crippen molar-refractivity contribution in [2.24, 2.45) is 0 Å². The maximum atomic E-state index is 10.4. The lowest BCUT2D eigenvalue weighted by Crippen LogP contribution is -2.19. The summed E-state index contributed by atoms with van der Waals surface area (Å²) in [6, 6.07) is 0. The fraction of sp³-hybridized carbons (Fsp3) is 0.727. The molecule has 0 radical (unpaired) electrons. The number of nitrogens with zero attached hydrogens (tertiary/aromatic N) is 2. The Balaban J connectivity index is 1.93. The van der Waals surface area contributed by atoms with Gasteiger partial charge >= 0.3 is 5.97 Å². The van der Waals surface area contributed by atoms with Crippen LogP contribution in [-0.2, 0) is 10.5 Å². The zero-order valence-electron chi connectivity index (χ0n) is 10.6. The van der Waals surface area contributed by atoms with E-state index in [1.807, 2.05) is 23.5 Å². The molecule has 8 heteroatoms. The second kappa shape index (κ2) is 7.44. The summed E-state index contributed by atoms with van der Waals surface area (Å²) in [5.74, 6) is 3.27. The molecule has 19 heavy (non-hydrogen) atoms. The monoisotopic (exact) mass is 320 g/mol. The third-order valence-corrected chi connectivity index (χ3v) is 6.79. The minimum Gasteiger partial charge on any atom is -0.481 e. The summed E-state index contributed by atoms with van der Waals surface area (Å²) in [6.07, 6.45) is 1.10. The van der Waals surface area contributed by atoms with E-state index in [2.05, 4.69) is 17.1 Å². The summed E-state index contributed by atoms with van der Waals surface area (Å²) in [5, 5.41) is 13.5. The molecule has 1 aromatic rings. The molecule has 2 unspecified atom stereocenters. The number of hydrogen-bond acceptors (Lipinski definition) is 7. The van der Waals surface area contributed by atoms with Crippen molar-refractivity contribution in [3.05, 3.63) is 11.7 Å². The van der Waals surface area contributed by atoms with Crippen molar-refractivity contribution in [1.82, 2.24) is 10.1 Å². The highest BCUT2D eigenvalue weighted by atomic mass is 32.2. The SMILES string of the molecule is CCC1SCCSC1c1noc(CSCC(=O)O)n1. The number of aromatic nitrogens is 2. The maximum absolute atomic E-state index is 10.4. The molecular weight excluding hydrogens is 304 g/mol. The molecule has 2 heterocycles. The van der Waals surface area contributed by atoms with Crippen LogP contribution in [0.4, 0.5) is 0 Å². The first-order valence-electron chi connectivity index (χ1n) is 6.06. The van der Waals surface area contributed by atoms with Crippen LogP contribution in [0.1, 0.15) is 30.3 Å². The predicted octanol–water partition coefficient (Wildman–Crippen LogP) is 2.69. The zero-order chi connectivity index (χ0) is 13.7. The first-order valence-corrected chi connectivity index (χ1v) is 9.31. The topological polar surface area (TPSA) is 76.2 Å². The van der Waals surface area contributed by atoms with E-state index in [1.54, 1.807) is 0 Å². The second-order valence-corrected chi connectivity index (χ2v) is 7.62. The minimum atomic E-state index is -0.824. The van der Waals surface area contributed by atoms with Gasteiger partial charge in [-0.15, -0.1) is 23.5 Å². The maximum Gasteiger partial charge on any atom is 0.313 e. The molecule has 1 aliphatic heterocycles. The van der Waals surface area contributed by atoms with Gasteiger partial charge in [0.1, 0.15) is 0 Å². The molecule has 0 aliphatic carbocycles. The van der Waals surface area contributed by atoms with Crippen molar-refractivity contribution in [2.75, 3.05) is 17.3 Å². The fourth-order valence-corrected chi connectivity index (χ4v) is 5.36. The van der Waals surface area contributed by atoms with Crippen molar-refractivity contribution in [3.8, 4) is 0 Å². The van der Waals surface area contributed by atoms with Crippen LogP contribution in [0.2, 0.25) is 0 Å². The molecule has 0 bridgehead atoms. The standard InChI is InChI=1S/C11H16N2O3S3/c1-2-7-10(19-4-3-18-7)11-12-8(16-13-11)5-17-6-9(14)15/h7,10H,2-6H2,1H3,(H,14,15). The third-order valence-electron chi connectivity index (χ3n) is 2.64. The van der Waals surface area contributed by atoms with Crippen LogP contribution in [0.5, 0.6) is 0 Å². The van der Waals surface area contributed by atoms with Gasteiger partial charge in [0.05, 0.1) is 16.8 Å². The second-order valence-electron chi connectivity index (χ2n) is 4.04. The van der Waals surface area contributed by atoms with Crippen molar-refractivity contribution < 1.29 is 14.4 Å². The summed E-state index contributed by atoms with van der Waals surface area (Å²) in [4.78, 5) is 14.8. The Bertz CT molecular complexity index is 427. The van der Waals surface area contributed by atoms with Gasteiger partial charge in [-0.2, -0.15) is 16.7 Å². The molecule has 1 N–H and O–H groups in total. The first-order chi connectivity index (χ1) is 9.20. The first kappa shape index (κ1) is 15.1. The molecule has 0 saturated carbocycles. The Morgan fingerprint density at radius 3 is 3.05 bits per heavy atom. The third kappa shape index (κ3) is 4.32. The largest absolute Gasteiger partial charge is 0.481 e. The average Bonchev–Trinajstić information content (AvgIpc) is 2.87. The zero-order valence-corrected chi connectivity index (χ0v) is 13.0. The summed E-state index contributed by atoms with van der Waals surface area (Å²) in [5.41, 5.74) is 0. The van der Waals surface area contributed by atoms with E-state index in [-0.39, 0.29) is 5.75 Å². The molecule has 0 amide bonds. The van der Waals surface area contributed by atoms with Gasteiger partial charge in [0.25, 0.3) is 0 Å². The fourth-order valence-electron chi connectivity index (χ4n) is 1.81. The molecular formula is C11H16N2O3S3. The van der Waals surface area contributed by atoms with Gasteiger partial charge in [-0.25, -0.2) is 0 Å². The Kier molecular flexibility index (Phi) is 5.90. The summed E-state index contributed by atoms with van der Waals surface area (Å²) in [6.45, 7) is 2.18. The van der Waals surface area contributed by atoms with E-state index in [1.165, 1.54) is 17.5 Å².